The number of carbonyl (C=O) groups is 1. The molecule has 0 bridgehead atoms. The fourth-order valence-corrected chi connectivity index (χ4v) is 4.23. The van der Waals surface area contributed by atoms with Gasteiger partial charge < -0.3 is 4.74 Å². The summed E-state index contributed by atoms with van der Waals surface area (Å²) in [6.07, 6.45) is 0.687. The van der Waals surface area contributed by atoms with Crippen molar-refractivity contribution in [2.75, 3.05) is 17.5 Å². The van der Waals surface area contributed by atoms with E-state index in [9.17, 15) is 13.2 Å². The molecule has 2 aromatic carbocycles. The molecule has 23 heavy (non-hydrogen) atoms. The average Bonchev–Trinajstić information content (AvgIpc) is 3.00. The number of rotatable bonds is 4. The van der Waals surface area contributed by atoms with Crippen molar-refractivity contribution in [2.45, 2.75) is 18.2 Å². The lowest BCUT2D eigenvalue weighted by Crippen LogP contribution is -2.29. The molecule has 0 radical (unpaired) electrons. The maximum atomic E-state index is 12.9. The predicted molar refractivity (Wildman–Crippen MR) is 87.1 cm³/mol. The Bertz CT molecular complexity index is 845. The number of hydrogen-bond acceptors (Lipinski definition) is 4. The molecule has 0 saturated carbocycles. The van der Waals surface area contributed by atoms with Crippen LogP contribution in [0.3, 0.4) is 0 Å². The highest BCUT2D eigenvalue weighted by Crippen LogP contribution is 2.32. The van der Waals surface area contributed by atoms with Crippen molar-refractivity contribution < 1.29 is 17.9 Å². The Labute approximate surface area is 135 Å². The van der Waals surface area contributed by atoms with E-state index in [0.29, 0.717) is 18.7 Å². The number of fused-ring (bicyclic) bond motifs is 1. The predicted octanol–water partition coefficient (Wildman–Crippen LogP) is 2.61. The lowest BCUT2D eigenvalue weighted by atomic mass is 10.2. The van der Waals surface area contributed by atoms with Crippen LogP contribution >= 0.6 is 0 Å². The van der Waals surface area contributed by atoms with Gasteiger partial charge in [0.05, 0.1) is 22.8 Å². The van der Waals surface area contributed by atoms with Crippen LogP contribution in [-0.4, -0.2) is 27.5 Å². The first-order valence-electron chi connectivity index (χ1n) is 7.42. The highest BCUT2D eigenvalue weighted by Gasteiger charge is 2.30. The Balaban J connectivity index is 1.98. The Morgan fingerprint density at radius 3 is 2.74 bits per heavy atom. The van der Waals surface area contributed by atoms with Gasteiger partial charge in [-0.1, -0.05) is 24.3 Å². The van der Waals surface area contributed by atoms with Gasteiger partial charge in [0.1, 0.15) is 0 Å². The first-order valence-corrected chi connectivity index (χ1v) is 8.86. The molecular formula is C17H17NO4S. The van der Waals surface area contributed by atoms with Crippen LogP contribution in [0.15, 0.2) is 53.4 Å². The summed E-state index contributed by atoms with van der Waals surface area (Å²) in [5.41, 5.74) is 1.95. The van der Waals surface area contributed by atoms with Gasteiger partial charge in [0.25, 0.3) is 10.0 Å². The van der Waals surface area contributed by atoms with E-state index in [1.54, 1.807) is 25.1 Å². The van der Waals surface area contributed by atoms with Crippen molar-refractivity contribution in [2.24, 2.45) is 0 Å². The summed E-state index contributed by atoms with van der Waals surface area (Å²) in [5.74, 6) is -0.522. The molecule has 0 aromatic heterocycles. The van der Waals surface area contributed by atoms with Crippen LogP contribution < -0.4 is 4.31 Å². The van der Waals surface area contributed by atoms with Crippen LogP contribution in [0.1, 0.15) is 22.8 Å². The van der Waals surface area contributed by atoms with E-state index in [1.807, 2.05) is 18.2 Å². The van der Waals surface area contributed by atoms with Gasteiger partial charge in [0, 0.05) is 6.54 Å². The van der Waals surface area contributed by atoms with Crippen molar-refractivity contribution in [1.29, 1.82) is 0 Å². The molecule has 1 aliphatic rings. The van der Waals surface area contributed by atoms with Gasteiger partial charge in [0.15, 0.2) is 0 Å². The minimum Gasteiger partial charge on any atom is -0.462 e. The molecule has 0 amide bonds. The van der Waals surface area contributed by atoms with Crippen LogP contribution in [0, 0.1) is 0 Å². The first-order chi connectivity index (χ1) is 11.0. The van der Waals surface area contributed by atoms with Crippen LogP contribution in [0.25, 0.3) is 0 Å². The van der Waals surface area contributed by atoms with E-state index in [4.69, 9.17) is 4.74 Å². The van der Waals surface area contributed by atoms with Gasteiger partial charge in [-0.3, -0.25) is 4.31 Å². The minimum atomic E-state index is -3.70. The van der Waals surface area contributed by atoms with Crippen molar-refractivity contribution in [3.63, 3.8) is 0 Å². The molecule has 0 saturated heterocycles. The molecule has 1 heterocycles. The van der Waals surface area contributed by atoms with Gasteiger partial charge in [-0.25, -0.2) is 13.2 Å². The number of nitrogens with zero attached hydrogens (tertiary/aromatic N) is 1. The van der Waals surface area contributed by atoms with Crippen LogP contribution in [0.5, 0.6) is 0 Å². The van der Waals surface area contributed by atoms with E-state index < -0.39 is 16.0 Å². The molecule has 0 aliphatic carbocycles. The largest absolute Gasteiger partial charge is 0.462 e. The second kappa shape index (κ2) is 6.04. The van der Waals surface area contributed by atoms with Crippen molar-refractivity contribution in [3.05, 3.63) is 59.7 Å². The summed E-state index contributed by atoms with van der Waals surface area (Å²) < 4.78 is 32.1. The quantitative estimate of drug-likeness (QED) is 0.808. The topological polar surface area (TPSA) is 63.7 Å². The van der Waals surface area contributed by atoms with Crippen LogP contribution in [0.2, 0.25) is 0 Å². The Morgan fingerprint density at radius 1 is 1.17 bits per heavy atom. The van der Waals surface area contributed by atoms with Crippen LogP contribution in [0.4, 0.5) is 5.69 Å². The summed E-state index contributed by atoms with van der Waals surface area (Å²) in [5, 5.41) is 0. The molecule has 120 valence electrons. The molecule has 0 atom stereocenters. The zero-order valence-corrected chi connectivity index (χ0v) is 13.5. The molecule has 0 unspecified atom stereocenters. The van der Waals surface area contributed by atoms with Gasteiger partial charge in [0.2, 0.25) is 0 Å². The van der Waals surface area contributed by atoms with Crippen molar-refractivity contribution in [1.82, 2.24) is 0 Å². The molecular weight excluding hydrogens is 314 g/mol. The monoisotopic (exact) mass is 331 g/mol. The lowest BCUT2D eigenvalue weighted by molar-refractivity contribution is 0.0526. The lowest BCUT2D eigenvalue weighted by Gasteiger charge is -2.19. The third-order valence-corrected chi connectivity index (χ3v) is 5.59. The second-order valence-electron chi connectivity index (χ2n) is 5.20. The Hall–Kier alpha value is -2.34. The van der Waals surface area contributed by atoms with Crippen molar-refractivity contribution >= 4 is 21.7 Å². The molecule has 6 heteroatoms. The average molecular weight is 331 g/mol. The molecule has 1 aliphatic heterocycles. The molecule has 5 nitrogen and oxygen atoms in total. The fourth-order valence-electron chi connectivity index (χ4n) is 2.68. The third kappa shape index (κ3) is 2.82. The van der Waals surface area contributed by atoms with E-state index in [0.717, 1.165) is 5.56 Å². The Morgan fingerprint density at radius 2 is 1.96 bits per heavy atom. The van der Waals surface area contributed by atoms with Gasteiger partial charge in [-0.2, -0.15) is 0 Å². The normalized spacial score (nSPS) is 13.7. The molecule has 0 spiro atoms. The van der Waals surface area contributed by atoms with Gasteiger partial charge in [-0.15, -0.1) is 0 Å². The number of anilines is 1. The van der Waals surface area contributed by atoms with Gasteiger partial charge >= 0.3 is 5.97 Å². The number of esters is 1. The molecule has 0 N–H and O–H groups in total. The standard InChI is InChI=1S/C17H17NO4S/c1-2-22-17(19)14-7-5-8-15(12-14)23(20,21)18-11-10-13-6-3-4-9-16(13)18/h3-9,12H,2,10-11H2,1H3. The second-order valence-corrected chi connectivity index (χ2v) is 7.07. The summed E-state index contributed by atoms with van der Waals surface area (Å²) in [7, 11) is -3.70. The summed E-state index contributed by atoms with van der Waals surface area (Å²) >= 11 is 0. The van der Waals surface area contributed by atoms with Gasteiger partial charge in [-0.05, 0) is 43.2 Å². The summed E-state index contributed by atoms with van der Waals surface area (Å²) in [4.78, 5) is 11.9. The van der Waals surface area contributed by atoms with E-state index in [1.165, 1.54) is 16.4 Å². The number of carbonyl (C=O) groups excluding carboxylic acids is 1. The molecule has 0 fully saturated rings. The van der Waals surface area contributed by atoms with Crippen LogP contribution in [-0.2, 0) is 21.2 Å². The Kier molecular flexibility index (Phi) is 4.09. The molecule has 2 aromatic rings. The number of hydrogen-bond donors (Lipinski definition) is 0. The highest BCUT2D eigenvalue weighted by atomic mass is 32.2. The summed E-state index contributed by atoms with van der Waals surface area (Å²) in [6, 6.07) is 13.4. The summed E-state index contributed by atoms with van der Waals surface area (Å²) in [6.45, 7) is 2.36. The number of ether oxygens (including phenoxy) is 1. The maximum Gasteiger partial charge on any atom is 0.338 e. The van der Waals surface area contributed by atoms with E-state index >= 15 is 0 Å². The zero-order chi connectivity index (χ0) is 16.4. The fraction of sp³-hybridized carbons (Fsp3) is 0.235. The number of para-hydroxylation sites is 1. The smallest absolute Gasteiger partial charge is 0.338 e. The highest BCUT2D eigenvalue weighted by molar-refractivity contribution is 7.92. The van der Waals surface area contributed by atoms with E-state index in [2.05, 4.69) is 0 Å². The molecule has 3 rings (SSSR count). The number of benzene rings is 2. The zero-order valence-electron chi connectivity index (χ0n) is 12.7. The minimum absolute atomic E-state index is 0.0970. The van der Waals surface area contributed by atoms with E-state index in [-0.39, 0.29) is 17.1 Å². The van der Waals surface area contributed by atoms with Crippen molar-refractivity contribution in [3.8, 4) is 0 Å². The SMILES string of the molecule is CCOC(=O)c1cccc(S(=O)(=O)N2CCc3ccccc32)c1. The number of sulfonamides is 1. The first kappa shape index (κ1) is 15.6. The maximum absolute atomic E-state index is 12.9. The third-order valence-electron chi connectivity index (χ3n) is 3.78.